The Hall–Kier alpha value is -1.33. The second-order valence-electron chi connectivity index (χ2n) is 5.46. The van der Waals surface area contributed by atoms with Gasteiger partial charge in [-0.3, -0.25) is 0 Å². The van der Waals surface area contributed by atoms with E-state index in [2.05, 4.69) is 16.8 Å². The van der Waals surface area contributed by atoms with Crippen LogP contribution in [0.3, 0.4) is 0 Å². The highest BCUT2D eigenvalue weighted by Crippen LogP contribution is 2.29. The predicted octanol–water partition coefficient (Wildman–Crippen LogP) is 3.36. The van der Waals surface area contributed by atoms with Crippen LogP contribution in [0.5, 0.6) is 0 Å². The lowest BCUT2D eigenvalue weighted by molar-refractivity contribution is -0.137. The summed E-state index contributed by atoms with van der Waals surface area (Å²) in [6.07, 6.45) is 0.308. The molecular weight excluding hydrogens is 277 g/mol. The highest BCUT2D eigenvalue weighted by Gasteiger charge is 2.30. The average molecular weight is 298 g/mol. The van der Waals surface area contributed by atoms with E-state index in [0.717, 1.165) is 45.2 Å². The first-order valence-electron chi connectivity index (χ1n) is 7.20. The topological polar surface area (TPSA) is 6.48 Å². The first-order valence-corrected chi connectivity index (χ1v) is 7.20. The lowest BCUT2D eigenvalue weighted by Gasteiger charge is -2.32. The van der Waals surface area contributed by atoms with E-state index >= 15 is 0 Å². The molecule has 1 aromatic carbocycles. The third-order valence-electron chi connectivity index (χ3n) is 3.73. The summed E-state index contributed by atoms with van der Waals surface area (Å²) in [6.45, 7) is 5.25. The molecule has 1 saturated heterocycles. The minimum absolute atomic E-state index is 0.594. The fourth-order valence-corrected chi connectivity index (χ4v) is 2.37. The van der Waals surface area contributed by atoms with Crippen molar-refractivity contribution < 1.29 is 13.2 Å². The molecule has 0 spiro atoms. The molecule has 0 bridgehead atoms. The second-order valence-corrected chi connectivity index (χ2v) is 5.46. The molecule has 1 aliphatic heterocycles. The molecule has 1 aliphatic rings. The normalized spacial score (nSPS) is 18.5. The zero-order chi connectivity index (χ0) is 15.3. The molecule has 0 amide bonds. The van der Waals surface area contributed by atoms with Gasteiger partial charge < -0.3 is 9.80 Å². The Bertz CT molecular complexity index is 475. The number of hydrogen-bond acceptors (Lipinski definition) is 2. The Balaban J connectivity index is 1.82. The lowest BCUT2D eigenvalue weighted by Crippen LogP contribution is -2.44. The van der Waals surface area contributed by atoms with Crippen LogP contribution in [0.2, 0.25) is 0 Å². The van der Waals surface area contributed by atoms with Gasteiger partial charge in [-0.15, -0.1) is 0 Å². The predicted molar refractivity (Wildman–Crippen MR) is 79.0 cm³/mol. The van der Waals surface area contributed by atoms with E-state index in [9.17, 15) is 13.2 Å². The van der Waals surface area contributed by atoms with Crippen LogP contribution in [0.4, 0.5) is 13.2 Å². The number of piperazine rings is 1. The van der Waals surface area contributed by atoms with E-state index < -0.39 is 11.7 Å². The van der Waals surface area contributed by atoms with Crippen LogP contribution in [0.1, 0.15) is 17.5 Å². The van der Waals surface area contributed by atoms with Gasteiger partial charge >= 0.3 is 6.18 Å². The molecule has 0 radical (unpaired) electrons. The average Bonchev–Trinajstić information content (AvgIpc) is 2.45. The summed E-state index contributed by atoms with van der Waals surface area (Å²) >= 11 is 0. The molecule has 116 valence electrons. The second kappa shape index (κ2) is 7.09. The molecule has 1 heterocycles. The number of likely N-dealkylation sites (N-methyl/N-ethyl adjacent to an activating group) is 1. The number of alkyl halides is 3. The molecule has 2 rings (SSSR count). The molecule has 1 aromatic rings. The van der Waals surface area contributed by atoms with Gasteiger partial charge in [-0.25, -0.2) is 0 Å². The molecule has 0 unspecified atom stereocenters. The smallest absolute Gasteiger partial charge is 0.304 e. The summed E-state index contributed by atoms with van der Waals surface area (Å²) in [6, 6.07) is 5.43. The van der Waals surface area contributed by atoms with E-state index in [1.807, 2.05) is 6.08 Å². The van der Waals surface area contributed by atoms with Crippen molar-refractivity contribution in [2.45, 2.75) is 12.6 Å². The molecule has 5 heteroatoms. The first-order chi connectivity index (χ1) is 9.95. The van der Waals surface area contributed by atoms with Crippen LogP contribution >= 0.6 is 0 Å². The summed E-state index contributed by atoms with van der Waals surface area (Å²) in [7, 11) is 2.12. The third-order valence-corrected chi connectivity index (χ3v) is 3.73. The lowest BCUT2D eigenvalue weighted by atomic mass is 10.1. The molecule has 0 N–H and O–H groups in total. The van der Waals surface area contributed by atoms with Crippen LogP contribution in [0.25, 0.3) is 6.08 Å². The van der Waals surface area contributed by atoms with Crippen LogP contribution in [-0.4, -0.2) is 49.6 Å². The first kappa shape index (κ1) is 16.0. The van der Waals surface area contributed by atoms with Crippen molar-refractivity contribution in [2.24, 2.45) is 0 Å². The fourth-order valence-electron chi connectivity index (χ4n) is 2.37. The summed E-state index contributed by atoms with van der Waals surface area (Å²) < 4.78 is 37.8. The van der Waals surface area contributed by atoms with Crippen LogP contribution in [0.15, 0.2) is 30.3 Å². The zero-order valence-electron chi connectivity index (χ0n) is 12.2. The zero-order valence-corrected chi connectivity index (χ0v) is 12.2. The Morgan fingerprint density at radius 1 is 1.14 bits per heavy atom. The number of hydrogen-bond donors (Lipinski definition) is 0. The molecule has 0 atom stereocenters. The molecule has 1 fully saturated rings. The maximum absolute atomic E-state index is 12.6. The Labute approximate surface area is 123 Å². The van der Waals surface area contributed by atoms with Gasteiger partial charge in [0.2, 0.25) is 0 Å². The van der Waals surface area contributed by atoms with Crippen LogP contribution in [-0.2, 0) is 6.18 Å². The molecule has 21 heavy (non-hydrogen) atoms. The van der Waals surface area contributed by atoms with Gasteiger partial charge in [-0.05, 0) is 31.2 Å². The van der Waals surface area contributed by atoms with Gasteiger partial charge in [0.05, 0.1) is 5.56 Å². The molecule has 2 nitrogen and oxygen atoms in total. The van der Waals surface area contributed by atoms with E-state index in [-0.39, 0.29) is 0 Å². The number of benzene rings is 1. The van der Waals surface area contributed by atoms with Gasteiger partial charge in [-0.1, -0.05) is 24.3 Å². The van der Waals surface area contributed by atoms with E-state index in [4.69, 9.17) is 0 Å². The molecule has 0 saturated carbocycles. The van der Waals surface area contributed by atoms with Crippen molar-refractivity contribution in [1.82, 2.24) is 9.80 Å². The maximum atomic E-state index is 12.6. The highest BCUT2D eigenvalue weighted by molar-refractivity contribution is 5.50. The summed E-state index contributed by atoms with van der Waals surface area (Å²) in [4.78, 5) is 4.69. The van der Waals surface area contributed by atoms with Gasteiger partial charge in [0.25, 0.3) is 0 Å². The Morgan fingerprint density at radius 3 is 2.52 bits per heavy atom. The fraction of sp³-hybridized carbons (Fsp3) is 0.500. The summed E-state index contributed by atoms with van der Waals surface area (Å²) in [5.74, 6) is 0. The summed E-state index contributed by atoms with van der Waals surface area (Å²) in [5, 5.41) is 0. The van der Waals surface area contributed by atoms with Gasteiger partial charge in [0, 0.05) is 32.7 Å². The number of halogens is 3. The van der Waals surface area contributed by atoms with Gasteiger partial charge in [-0.2, -0.15) is 13.2 Å². The van der Waals surface area contributed by atoms with Crippen molar-refractivity contribution in [3.63, 3.8) is 0 Å². The van der Waals surface area contributed by atoms with Crippen molar-refractivity contribution >= 4 is 6.08 Å². The van der Waals surface area contributed by atoms with E-state index in [1.165, 1.54) is 12.1 Å². The Morgan fingerprint density at radius 2 is 1.86 bits per heavy atom. The van der Waals surface area contributed by atoms with Gasteiger partial charge in [0.15, 0.2) is 0 Å². The highest BCUT2D eigenvalue weighted by atomic mass is 19.4. The van der Waals surface area contributed by atoms with E-state index in [1.54, 1.807) is 12.1 Å². The van der Waals surface area contributed by atoms with Crippen LogP contribution in [0, 0.1) is 0 Å². The van der Waals surface area contributed by atoms with Crippen molar-refractivity contribution in [1.29, 1.82) is 0 Å². The largest absolute Gasteiger partial charge is 0.416 e. The molecule has 0 aliphatic carbocycles. The van der Waals surface area contributed by atoms with Gasteiger partial charge in [0.1, 0.15) is 0 Å². The number of rotatable bonds is 4. The SMILES string of the molecule is CN1CCN(CCC=Cc2cccc(C(F)(F)F)c2)CC1. The standard InChI is InChI=1S/C16H21F3N2/c1-20-9-11-21(12-10-20)8-3-2-5-14-6-4-7-15(13-14)16(17,18)19/h2,4-7,13H,3,8-12H2,1H3. The third kappa shape index (κ3) is 5.17. The minimum Gasteiger partial charge on any atom is -0.304 e. The maximum Gasteiger partial charge on any atom is 0.416 e. The molecular formula is C16H21F3N2. The van der Waals surface area contributed by atoms with Crippen molar-refractivity contribution in [3.8, 4) is 0 Å². The quantitative estimate of drug-likeness (QED) is 0.841. The monoisotopic (exact) mass is 298 g/mol. The van der Waals surface area contributed by atoms with Crippen molar-refractivity contribution in [3.05, 3.63) is 41.5 Å². The molecule has 0 aromatic heterocycles. The van der Waals surface area contributed by atoms with Crippen LogP contribution < -0.4 is 0 Å². The van der Waals surface area contributed by atoms with E-state index in [0.29, 0.717) is 5.56 Å². The summed E-state index contributed by atoms with van der Waals surface area (Å²) in [5.41, 5.74) is 0.00641. The number of nitrogens with zero attached hydrogens (tertiary/aromatic N) is 2. The Kier molecular flexibility index (Phi) is 5.42. The minimum atomic E-state index is -4.27. The van der Waals surface area contributed by atoms with Crippen molar-refractivity contribution in [2.75, 3.05) is 39.8 Å².